The largest absolute Gasteiger partial charge is 0.488 e. The molecule has 0 spiro atoms. The smallest absolute Gasteiger partial charge is 0.125 e. The van der Waals surface area contributed by atoms with Crippen molar-refractivity contribution in [2.24, 2.45) is 11.7 Å². The molecule has 3 nitrogen and oxygen atoms in total. The molecule has 0 aromatic heterocycles. The zero-order chi connectivity index (χ0) is 18.5. The van der Waals surface area contributed by atoms with Gasteiger partial charge >= 0.3 is 0 Å². The van der Waals surface area contributed by atoms with Gasteiger partial charge in [-0.1, -0.05) is 61.7 Å². The van der Waals surface area contributed by atoms with Crippen molar-refractivity contribution in [3.63, 3.8) is 0 Å². The molecule has 0 bridgehead atoms. The third-order valence-corrected chi connectivity index (χ3v) is 5.59. The Balaban J connectivity index is 1.71. The Kier molecular flexibility index (Phi) is 6.33. The van der Waals surface area contributed by atoms with E-state index in [9.17, 15) is 5.11 Å². The van der Waals surface area contributed by atoms with E-state index in [1.807, 2.05) is 18.2 Å². The molecule has 0 unspecified atom stereocenters. The SMILES string of the molecule is Cc1cc([C@H](N)[C@H](O)C2CCCCC2)cc(C)c1OCc1ccccc1. The number of aryl methyl sites for hydroxylation is 2. The van der Waals surface area contributed by atoms with Gasteiger partial charge in [-0.15, -0.1) is 0 Å². The lowest BCUT2D eigenvalue weighted by molar-refractivity contribution is 0.0617. The van der Waals surface area contributed by atoms with E-state index < -0.39 is 6.10 Å². The Labute approximate surface area is 157 Å². The summed E-state index contributed by atoms with van der Waals surface area (Å²) < 4.78 is 6.06. The first-order valence-electron chi connectivity index (χ1n) is 9.78. The van der Waals surface area contributed by atoms with Crippen molar-refractivity contribution >= 4 is 0 Å². The summed E-state index contributed by atoms with van der Waals surface area (Å²) in [6.45, 7) is 4.66. The van der Waals surface area contributed by atoms with Gasteiger partial charge in [0.1, 0.15) is 12.4 Å². The minimum Gasteiger partial charge on any atom is -0.488 e. The summed E-state index contributed by atoms with van der Waals surface area (Å²) in [6.07, 6.45) is 5.41. The first kappa shape index (κ1) is 18.9. The number of hydrogen-bond donors (Lipinski definition) is 2. The molecule has 1 saturated carbocycles. The second kappa shape index (κ2) is 8.70. The van der Waals surface area contributed by atoms with Crippen LogP contribution in [0.25, 0.3) is 0 Å². The Morgan fingerprint density at radius 2 is 1.65 bits per heavy atom. The van der Waals surface area contributed by atoms with E-state index in [1.54, 1.807) is 0 Å². The fraction of sp³-hybridized carbons (Fsp3) is 0.478. The van der Waals surface area contributed by atoms with Gasteiger partial charge in [-0.05, 0) is 54.9 Å². The van der Waals surface area contributed by atoms with Crippen molar-refractivity contribution in [2.75, 3.05) is 0 Å². The lowest BCUT2D eigenvalue weighted by Crippen LogP contribution is -2.34. The van der Waals surface area contributed by atoms with Crippen LogP contribution < -0.4 is 10.5 Å². The Morgan fingerprint density at radius 1 is 1.04 bits per heavy atom. The Morgan fingerprint density at radius 3 is 2.27 bits per heavy atom. The third kappa shape index (κ3) is 4.46. The molecule has 1 aliphatic rings. The second-order valence-electron chi connectivity index (χ2n) is 7.67. The van der Waals surface area contributed by atoms with Gasteiger partial charge in [-0.25, -0.2) is 0 Å². The molecular weight excluding hydrogens is 322 g/mol. The zero-order valence-electron chi connectivity index (χ0n) is 15.9. The first-order chi connectivity index (χ1) is 12.6. The van der Waals surface area contributed by atoms with Crippen LogP contribution in [0.5, 0.6) is 5.75 Å². The van der Waals surface area contributed by atoms with E-state index in [2.05, 4.69) is 38.1 Å². The van der Waals surface area contributed by atoms with Gasteiger partial charge < -0.3 is 15.6 Å². The van der Waals surface area contributed by atoms with E-state index in [0.717, 1.165) is 40.8 Å². The lowest BCUT2D eigenvalue weighted by Gasteiger charge is -2.31. The molecule has 2 aromatic rings. The summed E-state index contributed by atoms with van der Waals surface area (Å²) in [4.78, 5) is 0. The number of rotatable bonds is 6. The van der Waals surface area contributed by atoms with Crippen LogP contribution >= 0.6 is 0 Å². The van der Waals surface area contributed by atoms with Gasteiger partial charge in [0.2, 0.25) is 0 Å². The number of nitrogens with two attached hydrogens (primary N) is 1. The van der Waals surface area contributed by atoms with Crippen LogP contribution in [0.15, 0.2) is 42.5 Å². The van der Waals surface area contributed by atoms with Crippen LogP contribution in [-0.4, -0.2) is 11.2 Å². The fourth-order valence-electron chi connectivity index (χ4n) is 4.10. The molecule has 2 atom stereocenters. The van der Waals surface area contributed by atoms with Gasteiger partial charge in [-0.3, -0.25) is 0 Å². The molecule has 0 heterocycles. The fourth-order valence-corrected chi connectivity index (χ4v) is 4.10. The van der Waals surface area contributed by atoms with Crippen molar-refractivity contribution in [1.82, 2.24) is 0 Å². The minimum absolute atomic E-state index is 0.327. The molecule has 1 fully saturated rings. The monoisotopic (exact) mass is 353 g/mol. The van der Waals surface area contributed by atoms with E-state index in [-0.39, 0.29) is 6.04 Å². The van der Waals surface area contributed by atoms with Crippen LogP contribution in [-0.2, 0) is 6.61 Å². The summed E-state index contributed by atoms with van der Waals surface area (Å²) in [6, 6.07) is 14.0. The molecule has 26 heavy (non-hydrogen) atoms. The van der Waals surface area contributed by atoms with Crippen LogP contribution in [0.4, 0.5) is 0 Å². The maximum Gasteiger partial charge on any atom is 0.125 e. The predicted molar refractivity (Wildman–Crippen MR) is 106 cm³/mol. The van der Waals surface area contributed by atoms with Crippen molar-refractivity contribution in [2.45, 2.75) is 64.7 Å². The number of aliphatic hydroxyl groups is 1. The van der Waals surface area contributed by atoms with Crippen LogP contribution in [0, 0.1) is 19.8 Å². The molecule has 2 aromatic carbocycles. The van der Waals surface area contributed by atoms with Gasteiger partial charge in [-0.2, -0.15) is 0 Å². The molecule has 0 radical (unpaired) electrons. The number of aliphatic hydroxyl groups excluding tert-OH is 1. The molecular formula is C23H31NO2. The number of benzene rings is 2. The highest BCUT2D eigenvalue weighted by molar-refractivity contribution is 5.44. The van der Waals surface area contributed by atoms with Crippen molar-refractivity contribution in [3.8, 4) is 5.75 Å². The summed E-state index contributed by atoms with van der Waals surface area (Å²) in [5.41, 5.74) is 10.7. The molecule has 140 valence electrons. The highest BCUT2D eigenvalue weighted by Crippen LogP contribution is 2.34. The summed E-state index contributed by atoms with van der Waals surface area (Å²) >= 11 is 0. The highest BCUT2D eigenvalue weighted by atomic mass is 16.5. The maximum atomic E-state index is 10.7. The molecule has 1 aliphatic carbocycles. The normalized spacial score (nSPS) is 17.7. The van der Waals surface area contributed by atoms with E-state index >= 15 is 0 Å². The van der Waals surface area contributed by atoms with Crippen LogP contribution in [0.3, 0.4) is 0 Å². The number of hydrogen-bond acceptors (Lipinski definition) is 3. The Bertz CT molecular complexity index is 684. The molecule has 3 N–H and O–H groups in total. The lowest BCUT2D eigenvalue weighted by atomic mass is 9.81. The number of ether oxygens (including phenoxy) is 1. The molecule has 3 heteroatoms. The van der Waals surface area contributed by atoms with E-state index in [0.29, 0.717) is 12.5 Å². The van der Waals surface area contributed by atoms with Crippen LogP contribution in [0.2, 0.25) is 0 Å². The third-order valence-electron chi connectivity index (χ3n) is 5.59. The van der Waals surface area contributed by atoms with Crippen molar-refractivity contribution < 1.29 is 9.84 Å². The average Bonchev–Trinajstić information content (AvgIpc) is 2.67. The zero-order valence-corrected chi connectivity index (χ0v) is 15.9. The topological polar surface area (TPSA) is 55.5 Å². The quantitative estimate of drug-likeness (QED) is 0.782. The summed E-state index contributed by atoms with van der Waals surface area (Å²) in [5.74, 6) is 1.24. The Hall–Kier alpha value is -1.84. The highest BCUT2D eigenvalue weighted by Gasteiger charge is 2.28. The first-order valence-corrected chi connectivity index (χ1v) is 9.78. The van der Waals surface area contributed by atoms with Crippen molar-refractivity contribution in [1.29, 1.82) is 0 Å². The molecule has 3 rings (SSSR count). The molecule has 0 saturated heterocycles. The van der Waals surface area contributed by atoms with Gasteiger partial charge in [0.25, 0.3) is 0 Å². The minimum atomic E-state index is -0.467. The maximum absolute atomic E-state index is 10.7. The summed E-state index contributed by atoms with van der Waals surface area (Å²) in [5, 5.41) is 10.7. The van der Waals surface area contributed by atoms with Crippen molar-refractivity contribution in [3.05, 3.63) is 64.7 Å². The second-order valence-corrected chi connectivity index (χ2v) is 7.67. The molecule has 0 amide bonds. The van der Waals surface area contributed by atoms with Gasteiger partial charge in [0.05, 0.1) is 12.1 Å². The standard InChI is InChI=1S/C23H31NO2/c1-16-13-20(21(24)22(25)19-11-7-4-8-12-19)14-17(2)23(16)26-15-18-9-5-3-6-10-18/h3,5-6,9-10,13-14,19,21-22,25H,4,7-8,11-12,15,24H2,1-2H3/t21-,22+/m0/s1. The predicted octanol–water partition coefficient (Wildman–Crippen LogP) is 4.82. The van der Waals surface area contributed by atoms with Gasteiger partial charge in [0.15, 0.2) is 0 Å². The van der Waals surface area contributed by atoms with Crippen LogP contribution in [0.1, 0.15) is 60.4 Å². The van der Waals surface area contributed by atoms with Gasteiger partial charge in [0, 0.05) is 0 Å². The average molecular weight is 354 g/mol. The molecule has 0 aliphatic heterocycles. The summed E-state index contributed by atoms with van der Waals surface area (Å²) in [7, 11) is 0. The van der Waals surface area contributed by atoms with E-state index in [1.165, 1.54) is 19.3 Å². The van der Waals surface area contributed by atoms with E-state index in [4.69, 9.17) is 10.5 Å².